The van der Waals surface area contributed by atoms with Crippen LogP contribution in [0.2, 0.25) is 0 Å². The molecule has 2 N–H and O–H groups in total. The molecule has 6 heteroatoms. The summed E-state index contributed by atoms with van der Waals surface area (Å²) in [6.45, 7) is 2.65. The lowest BCUT2D eigenvalue weighted by Crippen LogP contribution is -2.35. The molecule has 1 saturated heterocycles. The molecule has 23 heavy (non-hydrogen) atoms. The fourth-order valence-corrected chi connectivity index (χ4v) is 3.50. The second-order valence-electron chi connectivity index (χ2n) is 6.18. The molecular weight excluding hydrogens is 316 g/mol. The molecule has 3 unspecified atom stereocenters. The van der Waals surface area contributed by atoms with Crippen molar-refractivity contribution in [3.63, 3.8) is 0 Å². The average molecular weight is 341 g/mol. The van der Waals surface area contributed by atoms with E-state index in [0.29, 0.717) is 25.0 Å². The Morgan fingerprint density at radius 1 is 1.17 bits per heavy atom. The van der Waals surface area contributed by atoms with Crippen molar-refractivity contribution in [2.75, 3.05) is 32.9 Å². The minimum absolute atomic E-state index is 0. The Hall–Kier alpha value is -1.30. The smallest absolute Gasteiger partial charge is 0.248 e. The monoisotopic (exact) mass is 340 g/mol. The van der Waals surface area contributed by atoms with Crippen LogP contribution in [-0.4, -0.2) is 49.8 Å². The zero-order chi connectivity index (χ0) is 15.4. The summed E-state index contributed by atoms with van der Waals surface area (Å²) in [6.07, 6.45) is 2.26. The van der Waals surface area contributed by atoms with Crippen LogP contribution in [0.3, 0.4) is 0 Å². The number of fused-ring (bicyclic) bond motifs is 1. The van der Waals surface area contributed by atoms with E-state index in [1.807, 2.05) is 35.2 Å². The molecule has 2 aliphatic rings. The van der Waals surface area contributed by atoms with Crippen molar-refractivity contribution < 1.29 is 14.3 Å². The van der Waals surface area contributed by atoms with E-state index in [0.717, 1.165) is 31.7 Å². The van der Waals surface area contributed by atoms with E-state index in [1.54, 1.807) is 0 Å². The summed E-state index contributed by atoms with van der Waals surface area (Å²) in [4.78, 5) is 14.0. The Labute approximate surface area is 143 Å². The number of hydrogen-bond donors (Lipinski definition) is 1. The molecule has 1 amide bonds. The van der Waals surface area contributed by atoms with Crippen LogP contribution >= 0.6 is 12.4 Å². The summed E-state index contributed by atoms with van der Waals surface area (Å²) in [5.74, 6) is 1.98. The predicted octanol–water partition coefficient (Wildman–Crippen LogP) is 1.70. The van der Waals surface area contributed by atoms with Gasteiger partial charge in [0, 0.05) is 19.1 Å². The molecule has 5 nitrogen and oxygen atoms in total. The van der Waals surface area contributed by atoms with Crippen LogP contribution in [0.4, 0.5) is 0 Å². The normalized spacial score (nSPS) is 25.8. The Morgan fingerprint density at radius 3 is 2.70 bits per heavy atom. The van der Waals surface area contributed by atoms with Crippen LogP contribution in [0.5, 0.6) is 5.75 Å². The number of para-hydroxylation sites is 1. The van der Waals surface area contributed by atoms with Gasteiger partial charge in [-0.3, -0.25) is 4.79 Å². The summed E-state index contributed by atoms with van der Waals surface area (Å²) in [5, 5.41) is 0. The van der Waals surface area contributed by atoms with Crippen molar-refractivity contribution in [2.45, 2.75) is 18.9 Å². The summed E-state index contributed by atoms with van der Waals surface area (Å²) in [6, 6.07) is 9.86. The first-order valence-corrected chi connectivity index (χ1v) is 8.03. The minimum atomic E-state index is 0. The molecule has 1 aliphatic carbocycles. The third-order valence-corrected chi connectivity index (χ3v) is 4.73. The number of benzene rings is 1. The van der Waals surface area contributed by atoms with E-state index >= 15 is 0 Å². The predicted molar refractivity (Wildman–Crippen MR) is 90.8 cm³/mol. The Bertz CT molecular complexity index is 500. The zero-order valence-corrected chi connectivity index (χ0v) is 14.0. The number of ether oxygens (including phenoxy) is 2. The van der Waals surface area contributed by atoms with Crippen molar-refractivity contribution in [1.29, 1.82) is 0 Å². The third-order valence-electron chi connectivity index (χ3n) is 4.73. The molecule has 2 fully saturated rings. The van der Waals surface area contributed by atoms with E-state index < -0.39 is 0 Å². The van der Waals surface area contributed by atoms with E-state index in [-0.39, 0.29) is 31.0 Å². The van der Waals surface area contributed by atoms with Gasteiger partial charge in [-0.1, -0.05) is 18.2 Å². The summed E-state index contributed by atoms with van der Waals surface area (Å²) >= 11 is 0. The highest BCUT2D eigenvalue weighted by Gasteiger charge is 2.42. The maximum Gasteiger partial charge on any atom is 0.248 e. The van der Waals surface area contributed by atoms with Crippen LogP contribution in [0.25, 0.3) is 0 Å². The maximum absolute atomic E-state index is 12.1. The Kier molecular flexibility index (Phi) is 6.69. The van der Waals surface area contributed by atoms with Crippen molar-refractivity contribution in [1.82, 2.24) is 4.90 Å². The molecule has 3 rings (SSSR count). The standard InChI is InChI=1S/C17H24N2O3.ClH/c18-16-7-6-13-10-19(11-15(13)16)17(20)12-21-8-9-22-14-4-2-1-3-5-14;/h1-5,13,15-16H,6-12,18H2;1H. The van der Waals surface area contributed by atoms with Crippen LogP contribution in [0.1, 0.15) is 12.8 Å². The van der Waals surface area contributed by atoms with Gasteiger partial charge in [0.15, 0.2) is 0 Å². The van der Waals surface area contributed by atoms with Gasteiger partial charge in [0.1, 0.15) is 19.0 Å². The van der Waals surface area contributed by atoms with E-state index in [4.69, 9.17) is 15.2 Å². The van der Waals surface area contributed by atoms with Crippen molar-refractivity contribution in [2.24, 2.45) is 17.6 Å². The third kappa shape index (κ3) is 4.59. The maximum atomic E-state index is 12.1. The first-order valence-electron chi connectivity index (χ1n) is 8.03. The van der Waals surface area contributed by atoms with Gasteiger partial charge in [-0.05, 0) is 36.8 Å². The average Bonchev–Trinajstić information content (AvgIpc) is 3.10. The van der Waals surface area contributed by atoms with E-state index in [1.165, 1.54) is 0 Å². The number of halogens is 1. The zero-order valence-electron chi connectivity index (χ0n) is 13.2. The molecular formula is C17H25ClN2O3. The number of carbonyl (C=O) groups excluding carboxylic acids is 1. The van der Waals surface area contributed by atoms with Crippen LogP contribution in [-0.2, 0) is 9.53 Å². The number of hydrogen-bond acceptors (Lipinski definition) is 4. The van der Waals surface area contributed by atoms with Gasteiger partial charge in [-0.25, -0.2) is 0 Å². The summed E-state index contributed by atoms with van der Waals surface area (Å²) in [5.41, 5.74) is 6.09. The van der Waals surface area contributed by atoms with Gasteiger partial charge in [0.25, 0.3) is 0 Å². The molecule has 1 saturated carbocycles. The lowest BCUT2D eigenvalue weighted by Gasteiger charge is -2.18. The fraction of sp³-hybridized carbons (Fsp3) is 0.588. The molecule has 3 atom stereocenters. The van der Waals surface area contributed by atoms with E-state index in [9.17, 15) is 4.79 Å². The molecule has 0 aromatic heterocycles. The quantitative estimate of drug-likeness (QED) is 0.800. The number of likely N-dealkylation sites (tertiary alicyclic amines) is 1. The number of rotatable bonds is 6. The molecule has 0 radical (unpaired) electrons. The van der Waals surface area contributed by atoms with Crippen LogP contribution in [0.15, 0.2) is 30.3 Å². The highest BCUT2D eigenvalue weighted by Crippen LogP contribution is 2.37. The second-order valence-corrected chi connectivity index (χ2v) is 6.18. The van der Waals surface area contributed by atoms with E-state index in [2.05, 4.69) is 0 Å². The van der Waals surface area contributed by atoms with Gasteiger partial charge in [0.2, 0.25) is 5.91 Å². The van der Waals surface area contributed by atoms with Crippen LogP contribution < -0.4 is 10.5 Å². The first-order chi connectivity index (χ1) is 10.7. The van der Waals surface area contributed by atoms with Crippen molar-refractivity contribution in [3.05, 3.63) is 30.3 Å². The Morgan fingerprint density at radius 2 is 1.96 bits per heavy atom. The van der Waals surface area contributed by atoms with Crippen LogP contribution in [0, 0.1) is 11.8 Å². The minimum Gasteiger partial charge on any atom is -0.491 e. The summed E-state index contributed by atoms with van der Waals surface area (Å²) in [7, 11) is 0. The molecule has 1 heterocycles. The fourth-order valence-electron chi connectivity index (χ4n) is 3.50. The lowest BCUT2D eigenvalue weighted by atomic mass is 9.98. The van der Waals surface area contributed by atoms with Gasteiger partial charge in [-0.15, -0.1) is 12.4 Å². The molecule has 128 valence electrons. The van der Waals surface area contributed by atoms with Crippen molar-refractivity contribution in [3.8, 4) is 5.75 Å². The SMILES string of the molecule is Cl.NC1CCC2CN(C(=O)COCCOc3ccccc3)CC12. The second kappa shape index (κ2) is 8.52. The number of nitrogens with zero attached hydrogens (tertiary/aromatic N) is 1. The molecule has 1 aliphatic heterocycles. The largest absolute Gasteiger partial charge is 0.491 e. The molecule has 0 spiro atoms. The number of nitrogens with two attached hydrogens (primary N) is 1. The topological polar surface area (TPSA) is 64.8 Å². The van der Waals surface area contributed by atoms with Gasteiger partial charge >= 0.3 is 0 Å². The van der Waals surface area contributed by atoms with Gasteiger partial charge in [0.05, 0.1) is 6.61 Å². The van der Waals surface area contributed by atoms with Gasteiger partial charge < -0.3 is 20.1 Å². The molecule has 1 aromatic rings. The molecule has 1 aromatic carbocycles. The molecule has 0 bridgehead atoms. The number of amides is 1. The van der Waals surface area contributed by atoms with Gasteiger partial charge in [-0.2, -0.15) is 0 Å². The van der Waals surface area contributed by atoms with Crippen molar-refractivity contribution >= 4 is 18.3 Å². The highest BCUT2D eigenvalue weighted by atomic mass is 35.5. The first kappa shape index (κ1) is 18.0. The summed E-state index contributed by atoms with van der Waals surface area (Å²) < 4.78 is 11.0. The highest BCUT2D eigenvalue weighted by molar-refractivity contribution is 5.85. The number of carbonyl (C=O) groups is 1. The lowest BCUT2D eigenvalue weighted by molar-refractivity contribution is -0.135. The Balaban J connectivity index is 0.00000192.